The number of aliphatic hydroxyl groups excluding tert-OH is 2. The second kappa shape index (κ2) is 6.47. The molecule has 1 atom stereocenters. The molecule has 0 radical (unpaired) electrons. The van der Waals surface area contributed by atoms with E-state index in [1.165, 1.54) is 42.3 Å². The Morgan fingerprint density at radius 1 is 1.43 bits per heavy atom. The molecule has 2 rings (SSSR count). The summed E-state index contributed by atoms with van der Waals surface area (Å²) in [6.45, 7) is -0.341. The highest BCUT2D eigenvalue weighted by Gasteiger charge is 2.19. The monoisotopic (exact) mass is 294 g/mol. The van der Waals surface area contributed by atoms with Gasteiger partial charge in [-0.15, -0.1) is 0 Å². The predicted octanol–water partition coefficient (Wildman–Crippen LogP) is 1.03. The van der Waals surface area contributed by atoms with Gasteiger partial charge in [0.2, 0.25) is 0 Å². The molecular weight excluding hydrogens is 279 g/mol. The number of carbonyl (C=O) groups excluding carboxylic acids is 1. The average molecular weight is 294 g/mol. The van der Waals surface area contributed by atoms with E-state index in [4.69, 9.17) is 0 Å². The molecule has 0 aliphatic carbocycles. The molecule has 0 bridgehead atoms. The second-order valence-corrected chi connectivity index (χ2v) is 4.41. The fourth-order valence-electron chi connectivity index (χ4n) is 1.97. The number of hydrogen-bond acceptors (Lipinski definition) is 5. The van der Waals surface area contributed by atoms with Crippen LogP contribution in [-0.2, 0) is 17.9 Å². The largest absolute Gasteiger partial charge is 0.464 e. The van der Waals surface area contributed by atoms with Crippen LogP contribution in [0.5, 0.6) is 0 Å². The first-order valence-corrected chi connectivity index (χ1v) is 6.23. The van der Waals surface area contributed by atoms with E-state index in [0.717, 1.165) is 0 Å². The summed E-state index contributed by atoms with van der Waals surface area (Å²) in [5.41, 5.74) is 0.780. The maximum absolute atomic E-state index is 12.8. The van der Waals surface area contributed by atoms with Crippen LogP contribution in [0.1, 0.15) is 27.8 Å². The van der Waals surface area contributed by atoms with Crippen molar-refractivity contribution in [1.82, 2.24) is 9.55 Å². The van der Waals surface area contributed by atoms with Gasteiger partial charge in [0.15, 0.2) is 5.69 Å². The molecule has 7 heteroatoms. The van der Waals surface area contributed by atoms with Crippen molar-refractivity contribution in [2.45, 2.75) is 19.3 Å². The molecule has 0 aliphatic rings. The molecule has 0 saturated heterocycles. The van der Waals surface area contributed by atoms with Gasteiger partial charge in [0, 0.05) is 0 Å². The zero-order valence-corrected chi connectivity index (χ0v) is 11.4. The van der Waals surface area contributed by atoms with Gasteiger partial charge in [0.1, 0.15) is 5.82 Å². The lowest BCUT2D eigenvalue weighted by atomic mass is 10.1. The maximum Gasteiger partial charge on any atom is 0.358 e. The number of aliphatic hydroxyl groups is 2. The van der Waals surface area contributed by atoms with E-state index in [9.17, 15) is 19.4 Å². The molecule has 1 aromatic carbocycles. The standard InChI is InChI=1S/C14H15FN2O4/c1-21-14(20)13-11(7-18)17(8-16-13)6-12(19)9-2-4-10(15)5-3-9/h2-5,8,12,18-19H,6-7H2,1H3/t12-/m1/s1. The van der Waals surface area contributed by atoms with E-state index in [-0.39, 0.29) is 17.9 Å². The second-order valence-electron chi connectivity index (χ2n) is 4.41. The summed E-state index contributed by atoms with van der Waals surface area (Å²) in [6.07, 6.45) is 0.417. The first-order chi connectivity index (χ1) is 10.1. The van der Waals surface area contributed by atoms with Gasteiger partial charge in [-0.3, -0.25) is 0 Å². The van der Waals surface area contributed by atoms with E-state index in [1.54, 1.807) is 0 Å². The number of ether oxygens (including phenoxy) is 1. The van der Waals surface area contributed by atoms with Gasteiger partial charge >= 0.3 is 5.97 Å². The Hall–Kier alpha value is -2.25. The van der Waals surface area contributed by atoms with Crippen molar-refractivity contribution in [1.29, 1.82) is 0 Å². The highest BCUT2D eigenvalue weighted by atomic mass is 19.1. The van der Waals surface area contributed by atoms with Crippen LogP contribution in [0, 0.1) is 5.82 Å². The minimum Gasteiger partial charge on any atom is -0.464 e. The molecule has 0 fully saturated rings. The Kier molecular flexibility index (Phi) is 4.66. The van der Waals surface area contributed by atoms with Crippen LogP contribution < -0.4 is 0 Å². The average Bonchev–Trinajstić information content (AvgIpc) is 2.89. The maximum atomic E-state index is 12.8. The Morgan fingerprint density at radius 3 is 2.67 bits per heavy atom. The first kappa shape index (κ1) is 15.1. The summed E-state index contributed by atoms with van der Waals surface area (Å²) in [6, 6.07) is 5.44. The Labute approximate surface area is 120 Å². The number of nitrogens with zero attached hydrogens (tertiary/aromatic N) is 2. The fraction of sp³-hybridized carbons (Fsp3) is 0.286. The number of esters is 1. The number of benzene rings is 1. The lowest BCUT2D eigenvalue weighted by molar-refractivity contribution is 0.0589. The number of methoxy groups -OCH3 is 1. The first-order valence-electron chi connectivity index (χ1n) is 6.23. The fourth-order valence-corrected chi connectivity index (χ4v) is 1.97. The van der Waals surface area contributed by atoms with Gasteiger partial charge in [-0.25, -0.2) is 14.2 Å². The van der Waals surface area contributed by atoms with Gasteiger partial charge in [-0.2, -0.15) is 0 Å². The van der Waals surface area contributed by atoms with E-state index in [0.29, 0.717) is 5.56 Å². The third-order valence-electron chi connectivity index (χ3n) is 3.10. The van der Waals surface area contributed by atoms with E-state index in [2.05, 4.69) is 9.72 Å². The minimum absolute atomic E-state index is 0.00584. The highest BCUT2D eigenvalue weighted by molar-refractivity contribution is 5.88. The Balaban J connectivity index is 2.21. The van der Waals surface area contributed by atoms with Crippen molar-refractivity contribution in [2.24, 2.45) is 0 Å². The number of rotatable bonds is 5. The summed E-state index contributed by atoms with van der Waals surface area (Å²) in [5, 5.41) is 19.5. The zero-order valence-electron chi connectivity index (χ0n) is 11.4. The van der Waals surface area contributed by atoms with Crippen LogP contribution in [-0.4, -0.2) is 32.8 Å². The van der Waals surface area contributed by atoms with Crippen molar-refractivity contribution in [3.8, 4) is 0 Å². The Bertz CT molecular complexity index is 624. The molecule has 2 aromatic rings. The summed E-state index contributed by atoms with van der Waals surface area (Å²) in [5.74, 6) is -1.05. The quantitative estimate of drug-likeness (QED) is 0.805. The van der Waals surface area contributed by atoms with Crippen LogP contribution in [0.15, 0.2) is 30.6 Å². The number of hydrogen-bond donors (Lipinski definition) is 2. The van der Waals surface area contributed by atoms with E-state index >= 15 is 0 Å². The third-order valence-corrected chi connectivity index (χ3v) is 3.10. The molecule has 21 heavy (non-hydrogen) atoms. The van der Waals surface area contributed by atoms with Gasteiger partial charge in [-0.05, 0) is 17.7 Å². The van der Waals surface area contributed by atoms with E-state index in [1.807, 2.05) is 0 Å². The molecular formula is C14H15FN2O4. The van der Waals surface area contributed by atoms with Crippen LogP contribution in [0.25, 0.3) is 0 Å². The van der Waals surface area contributed by atoms with Crippen molar-refractivity contribution >= 4 is 5.97 Å². The van der Waals surface area contributed by atoms with Crippen molar-refractivity contribution in [3.05, 3.63) is 53.4 Å². The molecule has 0 aliphatic heterocycles. The third kappa shape index (κ3) is 3.26. The lowest BCUT2D eigenvalue weighted by Crippen LogP contribution is -2.13. The van der Waals surface area contributed by atoms with Gasteiger partial charge in [0.25, 0.3) is 0 Å². The molecule has 1 aromatic heterocycles. The van der Waals surface area contributed by atoms with E-state index < -0.39 is 24.5 Å². The lowest BCUT2D eigenvalue weighted by Gasteiger charge is -2.14. The SMILES string of the molecule is COC(=O)c1ncn(C[C@@H](O)c2ccc(F)cc2)c1CO. The van der Waals surface area contributed by atoms with Crippen molar-refractivity contribution in [3.63, 3.8) is 0 Å². The van der Waals surface area contributed by atoms with Crippen LogP contribution in [0.4, 0.5) is 4.39 Å². The zero-order chi connectivity index (χ0) is 15.4. The molecule has 1 heterocycles. The molecule has 0 amide bonds. The number of carbonyl (C=O) groups is 1. The molecule has 0 unspecified atom stereocenters. The van der Waals surface area contributed by atoms with Gasteiger partial charge in [-0.1, -0.05) is 12.1 Å². The number of aromatic nitrogens is 2. The minimum atomic E-state index is -0.921. The molecule has 112 valence electrons. The summed E-state index contributed by atoms with van der Waals surface area (Å²) < 4.78 is 18.9. The molecule has 0 spiro atoms. The molecule has 0 saturated carbocycles. The summed E-state index contributed by atoms with van der Waals surface area (Å²) >= 11 is 0. The summed E-state index contributed by atoms with van der Waals surface area (Å²) in [4.78, 5) is 15.4. The molecule has 6 nitrogen and oxygen atoms in total. The smallest absolute Gasteiger partial charge is 0.358 e. The topological polar surface area (TPSA) is 84.6 Å². The Morgan fingerprint density at radius 2 is 2.10 bits per heavy atom. The van der Waals surface area contributed by atoms with Gasteiger partial charge < -0.3 is 19.5 Å². The van der Waals surface area contributed by atoms with Crippen LogP contribution in [0.2, 0.25) is 0 Å². The van der Waals surface area contributed by atoms with Crippen molar-refractivity contribution in [2.75, 3.05) is 7.11 Å². The molecule has 2 N–H and O–H groups in total. The normalized spacial score (nSPS) is 12.2. The number of halogens is 1. The predicted molar refractivity (Wildman–Crippen MR) is 70.8 cm³/mol. The highest BCUT2D eigenvalue weighted by Crippen LogP contribution is 2.18. The van der Waals surface area contributed by atoms with Crippen molar-refractivity contribution < 1.29 is 24.1 Å². The van der Waals surface area contributed by atoms with Gasteiger partial charge in [0.05, 0.1) is 38.4 Å². The summed E-state index contributed by atoms with van der Waals surface area (Å²) in [7, 11) is 1.22. The number of imidazole rings is 1. The van der Waals surface area contributed by atoms with Crippen LogP contribution in [0.3, 0.4) is 0 Å². The van der Waals surface area contributed by atoms with Crippen LogP contribution >= 0.6 is 0 Å².